The van der Waals surface area contributed by atoms with Crippen LogP contribution in [-0.4, -0.2) is 18.7 Å². The molecule has 0 aliphatic heterocycles. The minimum Gasteiger partial charge on any atom is -0.451 e. The lowest BCUT2D eigenvalue weighted by atomic mass is 10.1. The number of hydrogen-bond acceptors (Lipinski definition) is 3. The molecule has 100 valence electrons. The van der Waals surface area contributed by atoms with Crippen molar-refractivity contribution in [2.75, 3.05) is 6.54 Å². The third-order valence-corrected chi connectivity index (χ3v) is 2.13. The van der Waals surface area contributed by atoms with Crippen molar-refractivity contribution in [1.29, 1.82) is 0 Å². The van der Waals surface area contributed by atoms with Crippen molar-refractivity contribution in [3.63, 3.8) is 0 Å². The van der Waals surface area contributed by atoms with Gasteiger partial charge in [0.1, 0.15) is 11.9 Å². The second kappa shape index (κ2) is 5.81. The maximum absolute atomic E-state index is 12.9. The molecule has 0 aromatic heterocycles. The summed E-state index contributed by atoms with van der Waals surface area (Å²) in [4.78, 5) is 10.7. The molecule has 1 aromatic rings. The van der Waals surface area contributed by atoms with Crippen LogP contribution < -0.4 is 5.73 Å². The number of benzene rings is 1. The van der Waals surface area contributed by atoms with E-state index in [1.807, 2.05) is 0 Å². The van der Waals surface area contributed by atoms with Crippen LogP contribution in [0.25, 0.3) is 0 Å². The first kappa shape index (κ1) is 14.4. The van der Waals surface area contributed by atoms with Gasteiger partial charge >= 0.3 is 12.1 Å². The Labute approximate surface area is 101 Å². The van der Waals surface area contributed by atoms with Gasteiger partial charge in [-0.1, -0.05) is 12.1 Å². The Morgan fingerprint density at radius 3 is 2.56 bits per heavy atom. The number of hydrogen-bond donors (Lipinski definition) is 1. The molecule has 0 saturated carbocycles. The van der Waals surface area contributed by atoms with E-state index in [0.717, 1.165) is 12.1 Å². The average Bonchev–Trinajstić information content (AvgIpc) is 2.27. The van der Waals surface area contributed by atoms with E-state index in [-0.39, 0.29) is 18.5 Å². The molecular weight excluding hydrogens is 254 g/mol. The van der Waals surface area contributed by atoms with E-state index < -0.39 is 24.1 Å². The molecule has 1 aromatic carbocycles. The Hall–Kier alpha value is -1.63. The second-order valence-corrected chi connectivity index (χ2v) is 3.52. The molecule has 0 aliphatic rings. The van der Waals surface area contributed by atoms with Gasteiger partial charge in [-0.05, 0) is 24.2 Å². The van der Waals surface area contributed by atoms with E-state index in [4.69, 9.17) is 5.73 Å². The summed E-state index contributed by atoms with van der Waals surface area (Å²) in [5.74, 6) is -2.94. The molecule has 0 amide bonds. The molecule has 1 atom stereocenters. The maximum atomic E-state index is 12.9. The number of nitrogens with two attached hydrogens (primary N) is 1. The van der Waals surface area contributed by atoms with Gasteiger partial charge in [0.15, 0.2) is 0 Å². The van der Waals surface area contributed by atoms with Crippen LogP contribution in [0.5, 0.6) is 0 Å². The highest BCUT2D eigenvalue weighted by Gasteiger charge is 2.42. The second-order valence-electron chi connectivity index (χ2n) is 3.52. The van der Waals surface area contributed by atoms with Crippen molar-refractivity contribution in [2.45, 2.75) is 18.7 Å². The van der Waals surface area contributed by atoms with Crippen LogP contribution in [0, 0.1) is 5.82 Å². The molecule has 3 nitrogen and oxygen atoms in total. The van der Waals surface area contributed by atoms with Crippen LogP contribution in [0.3, 0.4) is 0 Å². The summed E-state index contributed by atoms with van der Waals surface area (Å²) in [5, 5.41) is 0. The normalized spacial score (nSPS) is 13.2. The van der Waals surface area contributed by atoms with E-state index in [2.05, 4.69) is 4.74 Å². The van der Waals surface area contributed by atoms with Crippen molar-refractivity contribution in [3.05, 3.63) is 35.6 Å². The van der Waals surface area contributed by atoms with Gasteiger partial charge in [0.25, 0.3) is 0 Å². The zero-order valence-corrected chi connectivity index (χ0v) is 9.21. The summed E-state index contributed by atoms with van der Waals surface area (Å²) in [6, 6.07) is 4.82. The Morgan fingerprint density at radius 1 is 1.39 bits per heavy atom. The van der Waals surface area contributed by atoms with Gasteiger partial charge in [0.2, 0.25) is 0 Å². The van der Waals surface area contributed by atoms with E-state index >= 15 is 0 Å². The third kappa shape index (κ3) is 3.99. The molecular formula is C11H11F4NO2. The van der Waals surface area contributed by atoms with Crippen LogP contribution in [-0.2, 0) is 9.53 Å². The van der Waals surface area contributed by atoms with Crippen LogP contribution in [0.4, 0.5) is 17.6 Å². The highest BCUT2D eigenvalue weighted by Crippen LogP contribution is 2.26. The number of alkyl halides is 3. The Morgan fingerprint density at radius 2 is 2.06 bits per heavy atom. The Bertz CT molecular complexity index is 420. The summed E-state index contributed by atoms with van der Waals surface area (Å²) in [6.07, 6.45) is -6.31. The first-order valence-electron chi connectivity index (χ1n) is 5.08. The molecule has 0 heterocycles. The van der Waals surface area contributed by atoms with Crippen LogP contribution >= 0.6 is 0 Å². The topological polar surface area (TPSA) is 52.3 Å². The van der Waals surface area contributed by atoms with Crippen molar-refractivity contribution in [1.82, 2.24) is 0 Å². The minimum atomic E-state index is -5.08. The van der Waals surface area contributed by atoms with E-state index in [1.165, 1.54) is 12.1 Å². The van der Waals surface area contributed by atoms with Gasteiger partial charge in [-0.15, -0.1) is 0 Å². The molecule has 0 saturated heterocycles. The lowest BCUT2D eigenvalue weighted by Crippen LogP contribution is -2.28. The number of esters is 1. The standard InChI is InChI=1S/C11H11F4NO2/c12-8-3-1-2-7(6-8)9(4-5-16)18-10(17)11(13,14)15/h1-3,6,9H,4-5,16H2. The predicted octanol–water partition coefficient (Wildman–Crippen LogP) is 2.32. The molecule has 0 aliphatic carbocycles. The summed E-state index contributed by atoms with van der Waals surface area (Å²) in [6.45, 7) is 0.00627. The van der Waals surface area contributed by atoms with Gasteiger partial charge < -0.3 is 10.5 Å². The van der Waals surface area contributed by atoms with E-state index in [1.54, 1.807) is 0 Å². The molecule has 0 fully saturated rings. The van der Waals surface area contributed by atoms with Crippen molar-refractivity contribution in [2.24, 2.45) is 5.73 Å². The summed E-state index contributed by atoms with van der Waals surface area (Å²) in [7, 11) is 0. The number of ether oxygens (including phenoxy) is 1. The summed E-state index contributed by atoms with van der Waals surface area (Å²) >= 11 is 0. The Balaban J connectivity index is 2.87. The number of halogens is 4. The molecule has 0 spiro atoms. The smallest absolute Gasteiger partial charge is 0.451 e. The lowest BCUT2D eigenvalue weighted by Gasteiger charge is -2.18. The molecule has 1 rings (SSSR count). The van der Waals surface area contributed by atoms with Crippen LogP contribution in [0.1, 0.15) is 18.1 Å². The number of carbonyl (C=O) groups is 1. The molecule has 7 heteroatoms. The lowest BCUT2D eigenvalue weighted by molar-refractivity contribution is -0.205. The first-order chi connectivity index (χ1) is 8.34. The van der Waals surface area contributed by atoms with E-state index in [9.17, 15) is 22.4 Å². The monoisotopic (exact) mass is 265 g/mol. The van der Waals surface area contributed by atoms with Gasteiger partial charge in [0, 0.05) is 6.42 Å². The fourth-order valence-electron chi connectivity index (χ4n) is 1.35. The molecule has 2 N–H and O–H groups in total. The third-order valence-electron chi connectivity index (χ3n) is 2.13. The SMILES string of the molecule is NCCC(OC(=O)C(F)(F)F)c1cccc(F)c1. The number of carbonyl (C=O) groups excluding carboxylic acids is 1. The average molecular weight is 265 g/mol. The van der Waals surface area contributed by atoms with Gasteiger partial charge in [-0.25, -0.2) is 9.18 Å². The van der Waals surface area contributed by atoms with Crippen molar-refractivity contribution in [3.8, 4) is 0 Å². The zero-order valence-electron chi connectivity index (χ0n) is 9.21. The minimum absolute atomic E-state index is 0.00627. The fraction of sp³-hybridized carbons (Fsp3) is 0.364. The zero-order chi connectivity index (χ0) is 13.8. The summed E-state index contributed by atoms with van der Waals surface area (Å²) in [5.41, 5.74) is 5.36. The first-order valence-corrected chi connectivity index (χ1v) is 5.08. The van der Waals surface area contributed by atoms with Crippen molar-refractivity contribution < 1.29 is 27.1 Å². The van der Waals surface area contributed by atoms with Gasteiger partial charge in [0.05, 0.1) is 0 Å². The molecule has 18 heavy (non-hydrogen) atoms. The highest BCUT2D eigenvalue weighted by atomic mass is 19.4. The predicted molar refractivity (Wildman–Crippen MR) is 55.0 cm³/mol. The van der Waals surface area contributed by atoms with Crippen LogP contribution in [0.15, 0.2) is 24.3 Å². The van der Waals surface area contributed by atoms with Gasteiger partial charge in [-0.3, -0.25) is 0 Å². The van der Waals surface area contributed by atoms with Crippen molar-refractivity contribution >= 4 is 5.97 Å². The quantitative estimate of drug-likeness (QED) is 0.671. The van der Waals surface area contributed by atoms with E-state index in [0.29, 0.717) is 0 Å². The maximum Gasteiger partial charge on any atom is 0.490 e. The van der Waals surface area contributed by atoms with Gasteiger partial charge in [-0.2, -0.15) is 13.2 Å². The van der Waals surface area contributed by atoms with Crippen LogP contribution in [0.2, 0.25) is 0 Å². The summed E-state index contributed by atoms with van der Waals surface area (Å²) < 4.78 is 53.4. The largest absolute Gasteiger partial charge is 0.490 e. The molecule has 0 radical (unpaired) electrons. The highest BCUT2D eigenvalue weighted by molar-refractivity contribution is 5.75. The number of rotatable bonds is 4. The Kier molecular flexibility index (Phi) is 4.66. The molecule has 0 bridgehead atoms. The molecule has 1 unspecified atom stereocenters. The fourth-order valence-corrected chi connectivity index (χ4v) is 1.35.